The van der Waals surface area contributed by atoms with Gasteiger partial charge in [-0.1, -0.05) is 20.8 Å². The van der Waals surface area contributed by atoms with E-state index in [1.165, 1.54) is 0 Å². The summed E-state index contributed by atoms with van der Waals surface area (Å²) in [6.07, 6.45) is 6.23. The molecule has 0 spiro atoms. The first-order chi connectivity index (χ1) is 14.1. The number of carbonyl (C=O) groups excluding carboxylic acids is 1. The van der Waals surface area contributed by atoms with Gasteiger partial charge in [0, 0.05) is 44.5 Å². The summed E-state index contributed by atoms with van der Waals surface area (Å²) in [7, 11) is 3.63. The van der Waals surface area contributed by atoms with E-state index in [-0.39, 0.29) is 22.4 Å². The van der Waals surface area contributed by atoms with Crippen molar-refractivity contribution in [2.45, 2.75) is 52.0 Å². The van der Waals surface area contributed by atoms with E-state index in [1.807, 2.05) is 17.7 Å². The number of aromatic nitrogens is 5. The molecule has 1 fully saturated rings. The molecule has 160 valence electrons. The molecule has 0 bridgehead atoms. The zero-order valence-corrected chi connectivity index (χ0v) is 18.4. The maximum absolute atomic E-state index is 12.8. The van der Waals surface area contributed by atoms with Crippen LogP contribution in [0.1, 0.15) is 56.2 Å². The molecule has 4 rings (SSSR count). The Balaban J connectivity index is 1.52. The second kappa shape index (κ2) is 7.11. The molecule has 0 aliphatic heterocycles. The van der Waals surface area contributed by atoms with Crippen LogP contribution >= 0.6 is 0 Å². The quantitative estimate of drug-likeness (QED) is 0.676. The number of amides is 1. The van der Waals surface area contributed by atoms with Gasteiger partial charge in [-0.05, 0) is 36.8 Å². The van der Waals surface area contributed by atoms with E-state index < -0.39 is 0 Å². The monoisotopic (exact) mass is 410 g/mol. The molecule has 0 aromatic carbocycles. The Labute approximate surface area is 175 Å². The van der Waals surface area contributed by atoms with Crippen molar-refractivity contribution in [3.8, 4) is 0 Å². The Bertz CT molecular complexity index is 1160. The van der Waals surface area contributed by atoms with Crippen molar-refractivity contribution >= 4 is 17.1 Å². The molecule has 1 amide bonds. The Morgan fingerprint density at radius 3 is 2.57 bits per heavy atom. The molecule has 1 aliphatic carbocycles. The number of fused-ring (bicyclic) bond motifs is 1. The first-order valence-electron chi connectivity index (χ1n) is 10.4. The molecule has 1 N–H and O–H groups in total. The van der Waals surface area contributed by atoms with E-state index in [1.54, 1.807) is 28.7 Å². The van der Waals surface area contributed by atoms with Crippen LogP contribution in [-0.4, -0.2) is 36.1 Å². The number of carbonyl (C=O) groups is 1. The third-order valence-electron chi connectivity index (χ3n) is 5.84. The number of hydrogen-bond donors (Lipinski definition) is 1. The van der Waals surface area contributed by atoms with Gasteiger partial charge < -0.3 is 9.88 Å². The van der Waals surface area contributed by atoms with Gasteiger partial charge in [-0.2, -0.15) is 0 Å². The van der Waals surface area contributed by atoms with E-state index in [4.69, 9.17) is 4.98 Å². The van der Waals surface area contributed by atoms with Crippen LogP contribution in [0.4, 0.5) is 0 Å². The van der Waals surface area contributed by atoms with Crippen LogP contribution < -0.4 is 11.0 Å². The number of nitrogens with one attached hydrogen (secondary N) is 1. The van der Waals surface area contributed by atoms with E-state index in [9.17, 15) is 9.59 Å². The van der Waals surface area contributed by atoms with Crippen molar-refractivity contribution in [3.05, 3.63) is 46.5 Å². The molecule has 3 heterocycles. The van der Waals surface area contributed by atoms with E-state index in [0.29, 0.717) is 18.8 Å². The Kier molecular flexibility index (Phi) is 4.83. The lowest BCUT2D eigenvalue weighted by Gasteiger charge is -2.19. The number of pyridine rings is 1. The SMILES string of the molecule is Cn1cnc(C(=O)NCCC2(c3ccc4c(n3)n(C)c(=O)n4CC(C)(C)C)CC2)c1. The highest BCUT2D eigenvalue weighted by Gasteiger charge is 2.45. The molecular formula is C22H30N6O2. The Morgan fingerprint density at radius 2 is 1.97 bits per heavy atom. The highest BCUT2D eigenvalue weighted by Crippen LogP contribution is 2.50. The van der Waals surface area contributed by atoms with Gasteiger partial charge in [0.2, 0.25) is 0 Å². The lowest BCUT2D eigenvalue weighted by molar-refractivity contribution is 0.0947. The largest absolute Gasteiger partial charge is 0.351 e. The van der Waals surface area contributed by atoms with Gasteiger partial charge >= 0.3 is 5.69 Å². The lowest BCUT2D eigenvalue weighted by Crippen LogP contribution is -2.27. The van der Waals surface area contributed by atoms with E-state index in [2.05, 4.69) is 37.1 Å². The molecule has 1 saturated carbocycles. The predicted octanol–water partition coefficient (Wildman–Crippen LogP) is 2.37. The second-order valence-corrected chi connectivity index (χ2v) is 9.74. The summed E-state index contributed by atoms with van der Waals surface area (Å²) in [4.78, 5) is 34.0. The third kappa shape index (κ3) is 3.78. The van der Waals surface area contributed by atoms with Crippen LogP contribution in [0.15, 0.2) is 29.5 Å². The van der Waals surface area contributed by atoms with Crippen LogP contribution in [0, 0.1) is 5.41 Å². The van der Waals surface area contributed by atoms with Crippen molar-refractivity contribution in [1.29, 1.82) is 0 Å². The zero-order chi connectivity index (χ0) is 21.7. The van der Waals surface area contributed by atoms with Gasteiger partial charge in [-0.15, -0.1) is 0 Å². The minimum Gasteiger partial charge on any atom is -0.351 e. The van der Waals surface area contributed by atoms with Gasteiger partial charge in [0.25, 0.3) is 5.91 Å². The van der Waals surface area contributed by atoms with Crippen molar-refractivity contribution in [1.82, 2.24) is 29.0 Å². The fourth-order valence-corrected chi connectivity index (χ4v) is 4.02. The molecule has 0 atom stereocenters. The fraction of sp³-hybridized carbons (Fsp3) is 0.545. The Hall–Kier alpha value is -2.90. The summed E-state index contributed by atoms with van der Waals surface area (Å²) in [5.41, 5.74) is 2.99. The summed E-state index contributed by atoms with van der Waals surface area (Å²) < 4.78 is 5.22. The first kappa shape index (κ1) is 20.4. The molecular weight excluding hydrogens is 380 g/mol. The summed E-state index contributed by atoms with van der Waals surface area (Å²) in [6.45, 7) is 7.59. The first-order valence-corrected chi connectivity index (χ1v) is 10.4. The molecule has 30 heavy (non-hydrogen) atoms. The zero-order valence-electron chi connectivity index (χ0n) is 18.4. The highest BCUT2D eigenvalue weighted by atomic mass is 16.2. The van der Waals surface area contributed by atoms with Crippen LogP contribution in [-0.2, 0) is 26.1 Å². The number of rotatable bonds is 6. The van der Waals surface area contributed by atoms with Crippen LogP contribution in [0.2, 0.25) is 0 Å². The van der Waals surface area contributed by atoms with Crippen molar-refractivity contribution < 1.29 is 4.79 Å². The topological polar surface area (TPSA) is 86.7 Å². The number of aryl methyl sites for hydroxylation is 2. The maximum Gasteiger partial charge on any atom is 0.330 e. The minimum atomic E-state index is -0.156. The van der Waals surface area contributed by atoms with Gasteiger partial charge in [-0.3, -0.25) is 13.9 Å². The molecule has 0 unspecified atom stereocenters. The third-order valence-corrected chi connectivity index (χ3v) is 5.84. The van der Waals surface area contributed by atoms with Crippen molar-refractivity contribution in [2.75, 3.05) is 6.54 Å². The van der Waals surface area contributed by atoms with Crippen molar-refractivity contribution in [3.63, 3.8) is 0 Å². The molecule has 0 radical (unpaired) electrons. The predicted molar refractivity (Wildman–Crippen MR) is 115 cm³/mol. The summed E-state index contributed by atoms with van der Waals surface area (Å²) in [6, 6.07) is 4.08. The van der Waals surface area contributed by atoms with E-state index >= 15 is 0 Å². The summed E-state index contributed by atoms with van der Waals surface area (Å²) >= 11 is 0. The molecule has 1 aliphatic rings. The number of hydrogen-bond acceptors (Lipinski definition) is 4. The van der Waals surface area contributed by atoms with Gasteiger partial charge in [0.15, 0.2) is 5.65 Å². The van der Waals surface area contributed by atoms with Crippen LogP contribution in [0.25, 0.3) is 11.2 Å². The molecule has 3 aromatic heterocycles. The maximum atomic E-state index is 12.8. The molecule has 3 aromatic rings. The van der Waals surface area contributed by atoms with Gasteiger partial charge in [0.1, 0.15) is 5.69 Å². The number of imidazole rings is 2. The molecule has 0 saturated heterocycles. The standard InChI is InChI=1S/C22H30N6O2/c1-21(2,3)13-28-16-6-7-17(25-18(16)27(5)20(28)30)22(8-9-22)10-11-23-19(29)15-12-26(4)14-24-15/h6-7,12,14H,8-11,13H2,1-5H3,(H,23,29). The van der Waals surface area contributed by atoms with Crippen LogP contribution in [0.3, 0.4) is 0 Å². The van der Waals surface area contributed by atoms with Crippen molar-refractivity contribution in [2.24, 2.45) is 19.5 Å². The minimum absolute atomic E-state index is 0.000312. The number of nitrogens with zero attached hydrogens (tertiary/aromatic N) is 5. The average molecular weight is 411 g/mol. The lowest BCUT2D eigenvalue weighted by atomic mass is 9.96. The average Bonchev–Trinajstić information content (AvgIpc) is 3.29. The Morgan fingerprint density at radius 1 is 1.23 bits per heavy atom. The van der Waals surface area contributed by atoms with E-state index in [0.717, 1.165) is 36.1 Å². The normalized spacial score (nSPS) is 15.5. The van der Waals surface area contributed by atoms with Gasteiger partial charge in [-0.25, -0.2) is 14.8 Å². The fourth-order valence-electron chi connectivity index (χ4n) is 4.02. The molecule has 8 heteroatoms. The smallest absolute Gasteiger partial charge is 0.330 e. The molecule has 8 nitrogen and oxygen atoms in total. The van der Waals surface area contributed by atoms with Gasteiger partial charge in [0.05, 0.1) is 11.8 Å². The summed E-state index contributed by atoms with van der Waals surface area (Å²) in [5.74, 6) is -0.156. The summed E-state index contributed by atoms with van der Waals surface area (Å²) in [5, 5.41) is 2.96. The highest BCUT2D eigenvalue weighted by molar-refractivity contribution is 5.91. The second-order valence-electron chi connectivity index (χ2n) is 9.74. The van der Waals surface area contributed by atoms with Crippen LogP contribution in [0.5, 0.6) is 0 Å².